The maximum Gasteiger partial charge on any atom is 0.268 e. The average molecular weight is 277 g/mol. The van der Waals surface area contributed by atoms with Crippen LogP contribution in [0.2, 0.25) is 0 Å². The van der Waals surface area contributed by atoms with E-state index in [0.29, 0.717) is 0 Å². The number of hydrogen-bond acceptors (Lipinski definition) is 3. The van der Waals surface area contributed by atoms with Gasteiger partial charge in [-0.15, -0.1) is 0 Å². The van der Waals surface area contributed by atoms with Crippen LogP contribution in [0.4, 0.5) is 5.69 Å². The molecule has 112 valence electrons. The van der Waals surface area contributed by atoms with Gasteiger partial charge in [-0.3, -0.25) is 4.79 Å². The fraction of sp³-hybridized carbons (Fsp3) is 0.750. The van der Waals surface area contributed by atoms with Gasteiger partial charge in [-0.25, -0.2) is 4.68 Å². The first-order valence-electron chi connectivity index (χ1n) is 8.10. The number of unbranched alkanes of at least 4 members (excludes halogenated alkanes) is 5. The molecule has 0 unspecified atom stereocenters. The molecule has 0 spiro atoms. The standard InChI is InChI=1S/C16H27N3O/c1-2-3-4-5-6-7-10-19-16(20)11-15(13-18-19)17-12-14-8-9-14/h11,13-14,17H,2-10,12H2,1H3. The Morgan fingerprint density at radius 3 is 2.70 bits per heavy atom. The third kappa shape index (κ3) is 5.35. The highest BCUT2D eigenvalue weighted by atomic mass is 16.1. The minimum Gasteiger partial charge on any atom is -0.383 e. The molecular formula is C16H27N3O. The van der Waals surface area contributed by atoms with Gasteiger partial charge in [-0.1, -0.05) is 39.0 Å². The van der Waals surface area contributed by atoms with Crippen LogP contribution >= 0.6 is 0 Å². The van der Waals surface area contributed by atoms with Crippen LogP contribution in [-0.4, -0.2) is 16.3 Å². The van der Waals surface area contributed by atoms with E-state index in [4.69, 9.17) is 0 Å². The summed E-state index contributed by atoms with van der Waals surface area (Å²) in [6.07, 6.45) is 11.8. The molecule has 4 nitrogen and oxygen atoms in total. The van der Waals surface area contributed by atoms with Crippen LogP contribution in [-0.2, 0) is 6.54 Å². The normalized spacial score (nSPS) is 14.4. The first kappa shape index (κ1) is 15.1. The van der Waals surface area contributed by atoms with Crippen molar-refractivity contribution in [2.75, 3.05) is 11.9 Å². The molecule has 0 aromatic carbocycles. The largest absolute Gasteiger partial charge is 0.383 e. The summed E-state index contributed by atoms with van der Waals surface area (Å²) < 4.78 is 1.59. The van der Waals surface area contributed by atoms with Gasteiger partial charge in [0.25, 0.3) is 5.56 Å². The first-order valence-corrected chi connectivity index (χ1v) is 8.10. The highest BCUT2D eigenvalue weighted by Crippen LogP contribution is 2.28. The molecule has 20 heavy (non-hydrogen) atoms. The van der Waals surface area contributed by atoms with Gasteiger partial charge in [-0.2, -0.15) is 5.10 Å². The van der Waals surface area contributed by atoms with Gasteiger partial charge in [0.15, 0.2) is 0 Å². The Morgan fingerprint density at radius 1 is 1.25 bits per heavy atom. The van der Waals surface area contributed by atoms with Crippen LogP contribution in [0.25, 0.3) is 0 Å². The maximum absolute atomic E-state index is 11.9. The molecule has 1 N–H and O–H groups in total. The Kier molecular flexibility index (Phi) is 6.09. The lowest BCUT2D eigenvalue weighted by Gasteiger charge is -2.07. The molecular weight excluding hydrogens is 250 g/mol. The number of nitrogens with one attached hydrogen (secondary N) is 1. The Balaban J connectivity index is 1.69. The summed E-state index contributed by atoms with van der Waals surface area (Å²) in [7, 11) is 0. The Hall–Kier alpha value is -1.32. The maximum atomic E-state index is 11.9. The van der Waals surface area contributed by atoms with E-state index in [1.165, 1.54) is 44.9 Å². The second-order valence-electron chi connectivity index (χ2n) is 5.90. The molecule has 1 fully saturated rings. The molecule has 1 saturated carbocycles. The minimum atomic E-state index is 0.0133. The van der Waals surface area contributed by atoms with E-state index in [2.05, 4.69) is 17.3 Å². The number of aromatic nitrogens is 2. The monoisotopic (exact) mass is 277 g/mol. The van der Waals surface area contributed by atoms with Gasteiger partial charge in [0.1, 0.15) is 0 Å². The molecule has 1 aliphatic carbocycles. The SMILES string of the molecule is CCCCCCCCn1ncc(NCC2CC2)cc1=O. The van der Waals surface area contributed by atoms with E-state index in [-0.39, 0.29) is 5.56 Å². The van der Waals surface area contributed by atoms with Gasteiger partial charge in [-0.05, 0) is 25.2 Å². The van der Waals surface area contributed by atoms with Crippen LogP contribution in [0.15, 0.2) is 17.1 Å². The third-order valence-corrected chi connectivity index (χ3v) is 3.88. The summed E-state index contributed by atoms with van der Waals surface area (Å²) >= 11 is 0. The van der Waals surface area contributed by atoms with Gasteiger partial charge >= 0.3 is 0 Å². The molecule has 0 aliphatic heterocycles. The van der Waals surface area contributed by atoms with Crippen LogP contribution in [0.3, 0.4) is 0 Å². The first-order chi connectivity index (χ1) is 9.79. The Bertz CT molecular complexity index is 451. The van der Waals surface area contributed by atoms with Crippen molar-refractivity contribution >= 4 is 5.69 Å². The van der Waals surface area contributed by atoms with Crippen molar-refractivity contribution in [1.29, 1.82) is 0 Å². The second kappa shape index (κ2) is 8.08. The lowest BCUT2D eigenvalue weighted by molar-refractivity contribution is 0.509. The Labute approximate surface area is 121 Å². The van der Waals surface area contributed by atoms with Crippen LogP contribution < -0.4 is 10.9 Å². The van der Waals surface area contributed by atoms with Crippen molar-refractivity contribution in [2.24, 2.45) is 5.92 Å². The summed E-state index contributed by atoms with van der Waals surface area (Å²) in [6.45, 7) is 3.94. The molecule has 0 saturated heterocycles. The van der Waals surface area contributed by atoms with E-state index in [1.807, 2.05) is 0 Å². The van der Waals surface area contributed by atoms with E-state index < -0.39 is 0 Å². The fourth-order valence-corrected chi connectivity index (χ4v) is 2.32. The van der Waals surface area contributed by atoms with Crippen molar-refractivity contribution in [2.45, 2.75) is 64.8 Å². The second-order valence-corrected chi connectivity index (χ2v) is 5.90. The highest BCUT2D eigenvalue weighted by Gasteiger charge is 2.20. The average Bonchev–Trinajstić information content (AvgIpc) is 3.26. The number of nitrogens with zero attached hydrogens (tertiary/aromatic N) is 2. The number of anilines is 1. The predicted octanol–water partition coefficient (Wildman–Crippen LogP) is 3.43. The summed E-state index contributed by atoms with van der Waals surface area (Å²) in [5.41, 5.74) is 0.875. The number of hydrogen-bond donors (Lipinski definition) is 1. The van der Waals surface area contributed by atoms with Crippen molar-refractivity contribution in [3.05, 3.63) is 22.6 Å². The Morgan fingerprint density at radius 2 is 2.00 bits per heavy atom. The molecule has 0 radical (unpaired) electrons. The molecule has 0 atom stereocenters. The van der Waals surface area contributed by atoms with Crippen molar-refractivity contribution in [3.63, 3.8) is 0 Å². The minimum absolute atomic E-state index is 0.0133. The zero-order valence-electron chi connectivity index (χ0n) is 12.6. The summed E-state index contributed by atoms with van der Waals surface area (Å²) in [4.78, 5) is 11.9. The predicted molar refractivity (Wildman–Crippen MR) is 83.1 cm³/mol. The summed E-state index contributed by atoms with van der Waals surface area (Å²) in [6, 6.07) is 1.67. The smallest absolute Gasteiger partial charge is 0.268 e. The topological polar surface area (TPSA) is 46.9 Å². The van der Waals surface area contributed by atoms with Gasteiger partial charge < -0.3 is 5.32 Å². The van der Waals surface area contributed by atoms with Crippen molar-refractivity contribution in [1.82, 2.24) is 9.78 Å². The van der Waals surface area contributed by atoms with Crippen molar-refractivity contribution in [3.8, 4) is 0 Å². The quantitative estimate of drug-likeness (QED) is 0.667. The molecule has 1 aromatic rings. The van der Waals surface area contributed by atoms with E-state index in [1.54, 1.807) is 16.9 Å². The number of rotatable bonds is 10. The number of aryl methyl sites for hydroxylation is 1. The zero-order chi connectivity index (χ0) is 14.2. The van der Waals surface area contributed by atoms with Crippen LogP contribution in [0.5, 0.6) is 0 Å². The lowest BCUT2D eigenvalue weighted by atomic mass is 10.1. The van der Waals surface area contributed by atoms with E-state index in [9.17, 15) is 4.79 Å². The lowest BCUT2D eigenvalue weighted by Crippen LogP contribution is -2.23. The summed E-state index contributed by atoms with van der Waals surface area (Å²) in [5.74, 6) is 0.806. The molecule has 0 bridgehead atoms. The van der Waals surface area contributed by atoms with Crippen LogP contribution in [0.1, 0.15) is 58.3 Å². The highest BCUT2D eigenvalue weighted by molar-refractivity contribution is 5.38. The molecule has 4 heteroatoms. The molecule has 0 amide bonds. The van der Waals surface area contributed by atoms with E-state index in [0.717, 1.165) is 31.1 Å². The zero-order valence-corrected chi connectivity index (χ0v) is 12.6. The van der Waals surface area contributed by atoms with Crippen molar-refractivity contribution < 1.29 is 0 Å². The molecule has 1 heterocycles. The van der Waals surface area contributed by atoms with Gasteiger partial charge in [0, 0.05) is 19.2 Å². The molecule has 1 aromatic heterocycles. The third-order valence-electron chi connectivity index (χ3n) is 3.88. The molecule has 1 aliphatic rings. The summed E-state index contributed by atoms with van der Waals surface area (Å²) in [5, 5.41) is 7.54. The molecule has 2 rings (SSSR count). The van der Waals surface area contributed by atoms with Gasteiger partial charge in [0.2, 0.25) is 0 Å². The fourth-order valence-electron chi connectivity index (χ4n) is 2.32. The van der Waals surface area contributed by atoms with Gasteiger partial charge in [0.05, 0.1) is 11.9 Å². The van der Waals surface area contributed by atoms with E-state index >= 15 is 0 Å². The van der Waals surface area contributed by atoms with Crippen LogP contribution in [0, 0.1) is 5.92 Å².